The molecule has 1 aliphatic rings. The minimum absolute atomic E-state index is 0.109. The van der Waals surface area contributed by atoms with E-state index in [0.717, 1.165) is 49.7 Å². The topological polar surface area (TPSA) is 47.7 Å². The number of ether oxygens (including phenoxy) is 2. The molecule has 0 amide bonds. The van der Waals surface area contributed by atoms with Gasteiger partial charge in [0.05, 0.1) is 18.0 Å². The molecule has 2 rings (SSSR count). The molecule has 1 aromatic carbocycles. The Bertz CT molecular complexity index is 399. The van der Waals surface area contributed by atoms with Crippen molar-refractivity contribution in [2.24, 2.45) is 0 Å². The standard InChI is InChI=1S/C15H24N2O2/c1-3-17(4-2)14-11-12(8-9-13(14)16)19-15-7-5-6-10-18-15/h8-9,11,15H,3-7,10,16H2,1-2H3. The maximum atomic E-state index is 6.05. The van der Waals surface area contributed by atoms with Gasteiger partial charge in [0, 0.05) is 25.6 Å². The first-order chi connectivity index (χ1) is 9.24. The first-order valence-electron chi connectivity index (χ1n) is 7.17. The monoisotopic (exact) mass is 264 g/mol. The summed E-state index contributed by atoms with van der Waals surface area (Å²) in [6, 6.07) is 5.84. The zero-order valence-electron chi connectivity index (χ0n) is 11.9. The molecule has 1 unspecified atom stereocenters. The van der Waals surface area contributed by atoms with Crippen LogP contribution < -0.4 is 15.4 Å². The molecule has 0 bridgehead atoms. The normalized spacial score (nSPS) is 19.2. The molecule has 1 atom stereocenters. The van der Waals surface area contributed by atoms with E-state index in [4.69, 9.17) is 15.2 Å². The zero-order valence-corrected chi connectivity index (χ0v) is 11.9. The van der Waals surface area contributed by atoms with Gasteiger partial charge in [-0.1, -0.05) is 0 Å². The number of hydrogen-bond donors (Lipinski definition) is 1. The maximum absolute atomic E-state index is 6.05. The maximum Gasteiger partial charge on any atom is 0.199 e. The summed E-state index contributed by atoms with van der Waals surface area (Å²) >= 11 is 0. The Kier molecular flexibility index (Phi) is 4.91. The lowest BCUT2D eigenvalue weighted by atomic mass is 10.2. The van der Waals surface area contributed by atoms with Gasteiger partial charge in [-0.3, -0.25) is 0 Å². The van der Waals surface area contributed by atoms with Crippen molar-refractivity contribution in [3.05, 3.63) is 18.2 Å². The van der Waals surface area contributed by atoms with E-state index in [9.17, 15) is 0 Å². The van der Waals surface area contributed by atoms with Gasteiger partial charge in [-0.2, -0.15) is 0 Å². The van der Waals surface area contributed by atoms with Crippen molar-refractivity contribution < 1.29 is 9.47 Å². The fraction of sp³-hybridized carbons (Fsp3) is 0.600. The highest BCUT2D eigenvalue weighted by atomic mass is 16.7. The molecule has 19 heavy (non-hydrogen) atoms. The van der Waals surface area contributed by atoms with Crippen molar-refractivity contribution in [1.29, 1.82) is 0 Å². The van der Waals surface area contributed by atoms with Crippen LogP contribution in [0.15, 0.2) is 18.2 Å². The van der Waals surface area contributed by atoms with Crippen molar-refractivity contribution in [3.8, 4) is 5.75 Å². The minimum Gasteiger partial charge on any atom is -0.465 e. The van der Waals surface area contributed by atoms with Gasteiger partial charge in [-0.15, -0.1) is 0 Å². The second-order valence-corrected chi connectivity index (χ2v) is 4.81. The quantitative estimate of drug-likeness (QED) is 0.830. The summed E-state index contributed by atoms with van der Waals surface area (Å²) in [6.07, 6.45) is 3.15. The van der Waals surface area contributed by atoms with Crippen LogP contribution in [0.1, 0.15) is 33.1 Å². The highest BCUT2D eigenvalue weighted by molar-refractivity contribution is 5.69. The number of nitrogens with two attached hydrogens (primary N) is 1. The molecule has 4 nitrogen and oxygen atoms in total. The molecule has 2 N–H and O–H groups in total. The Morgan fingerprint density at radius 2 is 2.11 bits per heavy atom. The molecule has 0 aromatic heterocycles. The van der Waals surface area contributed by atoms with Crippen LogP contribution in [0.3, 0.4) is 0 Å². The Labute approximate surface area is 115 Å². The summed E-state index contributed by atoms with van der Waals surface area (Å²) in [5, 5.41) is 0. The van der Waals surface area contributed by atoms with Crippen LogP contribution in [0.25, 0.3) is 0 Å². The highest BCUT2D eigenvalue weighted by Gasteiger charge is 2.16. The Hall–Kier alpha value is -1.42. The first-order valence-corrected chi connectivity index (χ1v) is 7.17. The van der Waals surface area contributed by atoms with Gasteiger partial charge in [0.15, 0.2) is 6.29 Å². The number of nitrogens with zero attached hydrogens (tertiary/aromatic N) is 1. The third-order valence-corrected chi connectivity index (χ3v) is 3.51. The van der Waals surface area contributed by atoms with E-state index in [2.05, 4.69) is 18.7 Å². The summed E-state index contributed by atoms with van der Waals surface area (Å²) in [4.78, 5) is 2.23. The largest absolute Gasteiger partial charge is 0.465 e. The fourth-order valence-corrected chi connectivity index (χ4v) is 2.39. The smallest absolute Gasteiger partial charge is 0.199 e. The lowest BCUT2D eigenvalue weighted by Crippen LogP contribution is -2.26. The summed E-state index contributed by atoms with van der Waals surface area (Å²) in [6.45, 7) is 6.91. The van der Waals surface area contributed by atoms with E-state index >= 15 is 0 Å². The summed E-state index contributed by atoms with van der Waals surface area (Å²) in [5.74, 6) is 0.836. The number of rotatable bonds is 5. The minimum atomic E-state index is -0.109. The second kappa shape index (κ2) is 6.66. The molecule has 0 saturated carbocycles. The summed E-state index contributed by atoms with van der Waals surface area (Å²) < 4.78 is 11.5. The van der Waals surface area contributed by atoms with Crippen molar-refractivity contribution in [3.63, 3.8) is 0 Å². The van der Waals surface area contributed by atoms with Crippen LogP contribution in [0.4, 0.5) is 11.4 Å². The molecule has 0 spiro atoms. The van der Waals surface area contributed by atoms with Gasteiger partial charge in [0.1, 0.15) is 5.75 Å². The molecule has 0 aliphatic carbocycles. The summed E-state index contributed by atoms with van der Waals surface area (Å²) in [7, 11) is 0. The molecule has 1 heterocycles. The van der Waals surface area contributed by atoms with E-state index < -0.39 is 0 Å². The third-order valence-electron chi connectivity index (χ3n) is 3.51. The molecule has 4 heteroatoms. The second-order valence-electron chi connectivity index (χ2n) is 4.81. The zero-order chi connectivity index (χ0) is 13.7. The molecule has 0 radical (unpaired) electrons. The van der Waals surface area contributed by atoms with Crippen LogP contribution in [0, 0.1) is 0 Å². The van der Waals surface area contributed by atoms with E-state index in [1.54, 1.807) is 0 Å². The first kappa shape index (κ1) is 14.0. The van der Waals surface area contributed by atoms with Crippen LogP contribution in [0.2, 0.25) is 0 Å². The van der Waals surface area contributed by atoms with E-state index in [0.29, 0.717) is 0 Å². The lowest BCUT2D eigenvalue weighted by molar-refractivity contribution is -0.105. The lowest BCUT2D eigenvalue weighted by Gasteiger charge is -2.26. The van der Waals surface area contributed by atoms with Crippen LogP contribution >= 0.6 is 0 Å². The third kappa shape index (κ3) is 3.53. The molecular formula is C15H24N2O2. The molecule has 1 aromatic rings. The van der Waals surface area contributed by atoms with Crippen LogP contribution in [-0.2, 0) is 4.74 Å². The molecule has 1 aliphatic heterocycles. The average molecular weight is 264 g/mol. The Morgan fingerprint density at radius 3 is 2.74 bits per heavy atom. The molecule has 1 fully saturated rings. The van der Waals surface area contributed by atoms with Gasteiger partial charge in [0.25, 0.3) is 0 Å². The van der Waals surface area contributed by atoms with Gasteiger partial charge in [0.2, 0.25) is 0 Å². The summed E-state index contributed by atoms with van der Waals surface area (Å²) in [5.41, 5.74) is 7.88. The number of hydrogen-bond acceptors (Lipinski definition) is 4. The Balaban J connectivity index is 2.10. The van der Waals surface area contributed by atoms with Gasteiger partial charge >= 0.3 is 0 Å². The van der Waals surface area contributed by atoms with E-state index in [-0.39, 0.29) is 6.29 Å². The van der Waals surface area contributed by atoms with Crippen molar-refractivity contribution in [1.82, 2.24) is 0 Å². The van der Waals surface area contributed by atoms with Crippen LogP contribution in [-0.4, -0.2) is 26.0 Å². The Morgan fingerprint density at radius 1 is 1.32 bits per heavy atom. The number of nitrogen functional groups attached to an aromatic ring is 1. The van der Waals surface area contributed by atoms with Gasteiger partial charge < -0.3 is 20.1 Å². The molecule has 1 saturated heterocycles. The van der Waals surface area contributed by atoms with Crippen molar-refractivity contribution >= 4 is 11.4 Å². The van der Waals surface area contributed by atoms with Crippen LogP contribution in [0.5, 0.6) is 5.75 Å². The fourth-order valence-electron chi connectivity index (χ4n) is 2.39. The number of benzene rings is 1. The van der Waals surface area contributed by atoms with Gasteiger partial charge in [-0.05, 0) is 38.8 Å². The molecular weight excluding hydrogens is 240 g/mol. The van der Waals surface area contributed by atoms with E-state index in [1.165, 1.54) is 6.42 Å². The predicted octanol–water partition coefficient (Wildman–Crippen LogP) is 3.02. The average Bonchev–Trinajstić information content (AvgIpc) is 2.45. The van der Waals surface area contributed by atoms with E-state index in [1.807, 2.05) is 18.2 Å². The molecule has 106 valence electrons. The van der Waals surface area contributed by atoms with Crippen molar-refractivity contribution in [2.75, 3.05) is 30.3 Å². The predicted molar refractivity (Wildman–Crippen MR) is 78.6 cm³/mol. The van der Waals surface area contributed by atoms with Gasteiger partial charge in [-0.25, -0.2) is 0 Å². The van der Waals surface area contributed by atoms with Crippen molar-refractivity contribution in [2.45, 2.75) is 39.4 Å². The highest BCUT2D eigenvalue weighted by Crippen LogP contribution is 2.29. The SMILES string of the molecule is CCN(CC)c1cc(OC2CCCCO2)ccc1N. The number of anilines is 2.